The number of nitrogens with one attached hydrogen (secondary N) is 1. The van der Waals surface area contributed by atoms with Crippen LogP contribution in [0.3, 0.4) is 0 Å². The van der Waals surface area contributed by atoms with E-state index in [9.17, 15) is 9.90 Å². The molecule has 4 nitrogen and oxygen atoms in total. The number of halogens is 1. The summed E-state index contributed by atoms with van der Waals surface area (Å²) in [6, 6.07) is 9.27. The molecule has 0 unspecified atom stereocenters. The highest BCUT2D eigenvalue weighted by Crippen LogP contribution is 2.30. The zero-order valence-electron chi connectivity index (χ0n) is 16.1. The Morgan fingerprint density at radius 1 is 1.19 bits per heavy atom. The summed E-state index contributed by atoms with van der Waals surface area (Å²) >= 11 is 6.40. The Balaban J connectivity index is 0.00000163. The van der Waals surface area contributed by atoms with E-state index in [-0.39, 0.29) is 12.5 Å². The Kier molecular flexibility index (Phi) is 8.46. The lowest BCUT2D eigenvalue weighted by atomic mass is 9.95. The number of aryl methyl sites for hydroxylation is 1. The van der Waals surface area contributed by atoms with E-state index >= 15 is 0 Å². The zero-order valence-corrected chi connectivity index (χ0v) is 16.8. The third-order valence-corrected chi connectivity index (χ3v) is 4.29. The monoisotopic (exact) mass is 377 g/mol. The molecule has 0 radical (unpaired) electrons. The van der Waals surface area contributed by atoms with Crippen LogP contribution in [-0.2, 0) is 11.2 Å². The summed E-state index contributed by atoms with van der Waals surface area (Å²) in [5.74, 6) is -0.368. The fourth-order valence-electron chi connectivity index (χ4n) is 2.66. The van der Waals surface area contributed by atoms with Gasteiger partial charge in [0.25, 0.3) is 0 Å². The van der Waals surface area contributed by atoms with Gasteiger partial charge in [0.05, 0.1) is 0 Å². The van der Waals surface area contributed by atoms with Crippen LogP contribution in [0, 0.1) is 6.92 Å². The Morgan fingerprint density at radius 3 is 2.38 bits per heavy atom. The normalized spacial score (nSPS) is 10.3. The summed E-state index contributed by atoms with van der Waals surface area (Å²) in [7, 11) is 0. The van der Waals surface area contributed by atoms with Gasteiger partial charge in [0.15, 0.2) is 0 Å². The number of carbonyl (C=O) groups is 1. The quantitative estimate of drug-likeness (QED) is 0.613. The molecule has 0 saturated carbocycles. The fourth-order valence-corrected chi connectivity index (χ4v) is 2.99. The van der Waals surface area contributed by atoms with Gasteiger partial charge in [-0.25, -0.2) is 0 Å². The van der Waals surface area contributed by atoms with Gasteiger partial charge in [0.1, 0.15) is 12.3 Å². The van der Waals surface area contributed by atoms with Crippen molar-refractivity contribution in [1.29, 1.82) is 0 Å². The molecule has 0 aliphatic heterocycles. The summed E-state index contributed by atoms with van der Waals surface area (Å²) < 4.78 is 0. The third-order valence-electron chi connectivity index (χ3n) is 3.96. The second-order valence-electron chi connectivity index (χ2n) is 6.23. The SMILES string of the molecule is CC.Cc1cc(NCC(=O)O)cc(Cl)c1Cc1ccc(O)c(C(C)C)c1. The number of hydrogen-bond donors (Lipinski definition) is 3. The number of benzene rings is 2. The summed E-state index contributed by atoms with van der Waals surface area (Å²) in [5, 5.41) is 22.1. The van der Waals surface area contributed by atoms with Crippen molar-refractivity contribution >= 4 is 23.3 Å². The number of hydrogen-bond acceptors (Lipinski definition) is 3. The number of carboxylic acid groups (broad SMARTS) is 1. The van der Waals surface area contributed by atoms with Gasteiger partial charge in [0.2, 0.25) is 0 Å². The van der Waals surface area contributed by atoms with Gasteiger partial charge in [-0.15, -0.1) is 0 Å². The van der Waals surface area contributed by atoms with Crippen LogP contribution in [0.15, 0.2) is 30.3 Å². The summed E-state index contributed by atoms with van der Waals surface area (Å²) in [6.45, 7) is 9.89. The second-order valence-corrected chi connectivity index (χ2v) is 6.63. The van der Waals surface area contributed by atoms with E-state index in [0.29, 0.717) is 22.9 Å². The molecule has 0 atom stereocenters. The predicted octanol–water partition coefficient (Wildman–Crippen LogP) is 5.59. The van der Waals surface area contributed by atoms with Gasteiger partial charge in [-0.3, -0.25) is 4.79 Å². The number of carboxylic acids is 1. The fraction of sp³-hybridized carbons (Fsp3) is 0.381. The minimum absolute atomic E-state index is 0.148. The van der Waals surface area contributed by atoms with Crippen molar-refractivity contribution in [3.05, 3.63) is 57.6 Å². The van der Waals surface area contributed by atoms with Crippen LogP contribution in [0.2, 0.25) is 5.02 Å². The molecule has 0 aromatic heterocycles. The first-order valence-electron chi connectivity index (χ1n) is 8.84. The molecular weight excluding hydrogens is 350 g/mol. The van der Waals surface area contributed by atoms with E-state index in [1.807, 2.05) is 52.8 Å². The second kappa shape index (κ2) is 10.1. The van der Waals surface area contributed by atoms with Crippen molar-refractivity contribution in [1.82, 2.24) is 0 Å². The largest absolute Gasteiger partial charge is 0.508 e. The first-order chi connectivity index (χ1) is 12.3. The van der Waals surface area contributed by atoms with E-state index in [0.717, 1.165) is 22.3 Å². The van der Waals surface area contributed by atoms with Crippen molar-refractivity contribution in [2.24, 2.45) is 0 Å². The van der Waals surface area contributed by atoms with Crippen LogP contribution in [0.4, 0.5) is 5.69 Å². The highest BCUT2D eigenvalue weighted by molar-refractivity contribution is 6.31. The van der Waals surface area contributed by atoms with Gasteiger partial charge in [-0.1, -0.05) is 51.4 Å². The average Bonchev–Trinajstić information content (AvgIpc) is 2.59. The predicted molar refractivity (Wildman–Crippen MR) is 109 cm³/mol. The minimum atomic E-state index is -0.918. The molecule has 5 heteroatoms. The van der Waals surface area contributed by atoms with Crippen molar-refractivity contribution in [2.45, 2.75) is 47.0 Å². The minimum Gasteiger partial charge on any atom is -0.508 e. The van der Waals surface area contributed by atoms with E-state index in [1.54, 1.807) is 12.1 Å². The lowest BCUT2D eigenvalue weighted by Crippen LogP contribution is -2.12. The van der Waals surface area contributed by atoms with E-state index in [1.165, 1.54) is 0 Å². The molecule has 0 saturated heterocycles. The molecule has 142 valence electrons. The number of rotatable bonds is 6. The maximum atomic E-state index is 10.6. The molecular formula is C21H28ClNO3. The Hall–Kier alpha value is -2.20. The maximum Gasteiger partial charge on any atom is 0.322 e. The molecule has 0 heterocycles. The van der Waals surface area contributed by atoms with E-state index < -0.39 is 5.97 Å². The molecule has 2 aromatic carbocycles. The van der Waals surface area contributed by atoms with Gasteiger partial charge in [0, 0.05) is 10.7 Å². The molecule has 0 bridgehead atoms. The van der Waals surface area contributed by atoms with Crippen LogP contribution in [0.5, 0.6) is 5.75 Å². The first kappa shape index (κ1) is 21.8. The van der Waals surface area contributed by atoms with Gasteiger partial charge in [-0.2, -0.15) is 0 Å². The standard InChI is InChI=1S/C19H22ClNO3.C2H6/c1-11(2)15-7-13(4-5-18(15)22)8-16-12(3)6-14(9-17(16)20)21-10-19(23)24;1-2/h4-7,9,11,21-22H,8,10H2,1-3H3,(H,23,24);1-2H3. The van der Waals surface area contributed by atoms with Crippen LogP contribution >= 0.6 is 11.6 Å². The summed E-state index contributed by atoms with van der Waals surface area (Å²) in [5.41, 5.74) is 4.68. The van der Waals surface area contributed by atoms with Crippen molar-refractivity contribution < 1.29 is 15.0 Å². The number of anilines is 1. The van der Waals surface area contributed by atoms with Crippen molar-refractivity contribution in [3.8, 4) is 5.75 Å². The summed E-state index contributed by atoms with van der Waals surface area (Å²) in [6.07, 6.45) is 0.657. The zero-order chi connectivity index (χ0) is 19.9. The van der Waals surface area contributed by atoms with Gasteiger partial charge >= 0.3 is 5.97 Å². The number of aliphatic carboxylic acids is 1. The third kappa shape index (κ3) is 5.95. The molecule has 0 amide bonds. The first-order valence-corrected chi connectivity index (χ1v) is 9.22. The molecule has 0 aliphatic carbocycles. The molecule has 0 aliphatic rings. The van der Waals surface area contributed by atoms with Gasteiger partial charge < -0.3 is 15.5 Å². The molecule has 2 rings (SSSR count). The molecule has 3 N–H and O–H groups in total. The molecule has 0 fully saturated rings. The molecule has 26 heavy (non-hydrogen) atoms. The highest BCUT2D eigenvalue weighted by Gasteiger charge is 2.11. The molecule has 0 spiro atoms. The Bertz CT molecular complexity index is 734. The lowest BCUT2D eigenvalue weighted by molar-refractivity contribution is -0.134. The van der Waals surface area contributed by atoms with Gasteiger partial charge in [-0.05, 0) is 59.7 Å². The summed E-state index contributed by atoms with van der Waals surface area (Å²) in [4.78, 5) is 10.6. The Morgan fingerprint density at radius 2 is 1.85 bits per heavy atom. The van der Waals surface area contributed by atoms with E-state index in [2.05, 4.69) is 5.32 Å². The highest BCUT2D eigenvalue weighted by atomic mass is 35.5. The topological polar surface area (TPSA) is 69.6 Å². The van der Waals surface area contributed by atoms with Crippen molar-refractivity contribution in [2.75, 3.05) is 11.9 Å². The van der Waals surface area contributed by atoms with Crippen LogP contribution < -0.4 is 5.32 Å². The number of phenolic OH excluding ortho intramolecular Hbond substituents is 1. The molecule has 2 aromatic rings. The van der Waals surface area contributed by atoms with Crippen LogP contribution in [0.25, 0.3) is 0 Å². The van der Waals surface area contributed by atoms with E-state index in [4.69, 9.17) is 16.7 Å². The smallest absolute Gasteiger partial charge is 0.322 e. The average molecular weight is 378 g/mol. The van der Waals surface area contributed by atoms with Crippen LogP contribution in [0.1, 0.15) is 55.9 Å². The number of phenols is 1. The Labute approximate surface area is 160 Å². The maximum absolute atomic E-state index is 10.6. The lowest BCUT2D eigenvalue weighted by Gasteiger charge is -2.14. The van der Waals surface area contributed by atoms with Crippen LogP contribution in [-0.4, -0.2) is 22.7 Å². The number of aromatic hydroxyl groups is 1. The van der Waals surface area contributed by atoms with Crippen molar-refractivity contribution in [3.63, 3.8) is 0 Å².